The summed E-state index contributed by atoms with van der Waals surface area (Å²) in [4.78, 5) is 10.9. The van der Waals surface area contributed by atoms with E-state index in [-0.39, 0.29) is 0 Å². The Balaban J connectivity index is 2.20. The zero-order chi connectivity index (χ0) is 12.3. The van der Waals surface area contributed by atoms with E-state index in [0.717, 1.165) is 30.4 Å². The van der Waals surface area contributed by atoms with Crippen molar-refractivity contribution in [1.82, 2.24) is 9.97 Å². The Bertz CT molecular complexity index is 379. The van der Waals surface area contributed by atoms with Crippen molar-refractivity contribution < 1.29 is 0 Å². The van der Waals surface area contributed by atoms with Crippen LogP contribution in [-0.2, 0) is 0 Å². The van der Waals surface area contributed by atoms with Crippen LogP contribution in [0.4, 0.5) is 11.8 Å². The first-order chi connectivity index (χ1) is 8.20. The Morgan fingerprint density at radius 3 is 3.00 bits per heavy atom. The van der Waals surface area contributed by atoms with Gasteiger partial charge in [-0.25, -0.2) is 10.8 Å². The molecule has 17 heavy (non-hydrogen) atoms. The van der Waals surface area contributed by atoms with E-state index in [2.05, 4.69) is 27.2 Å². The van der Waals surface area contributed by atoms with Crippen LogP contribution >= 0.6 is 0 Å². The van der Waals surface area contributed by atoms with E-state index < -0.39 is 0 Å². The molecule has 94 valence electrons. The predicted molar refractivity (Wildman–Crippen MR) is 69.8 cm³/mol. The van der Waals surface area contributed by atoms with Gasteiger partial charge in [-0.1, -0.05) is 6.92 Å². The second-order valence-electron chi connectivity index (χ2n) is 4.87. The molecule has 1 aromatic heterocycles. The quantitative estimate of drug-likeness (QED) is 0.603. The third kappa shape index (κ3) is 2.85. The molecule has 1 atom stereocenters. The van der Waals surface area contributed by atoms with Crippen LogP contribution in [0.15, 0.2) is 6.20 Å². The van der Waals surface area contributed by atoms with Gasteiger partial charge in [0.05, 0.1) is 0 Å². The lowest BCUT2D eigenvalue weighted by molar-refractivity contribution is 0.521. The first kappa shape index (κ1) is 12.1. The highest BCUT2D eigenvalue weighted by atomic mass is 15.3. The van der Waals surface area contributed by atoms with Gasteiger partial charge < -0.3 is 4.90 Å². The number of anilines is 2. The zero-order valence-electron chi connectivity index (χ0n) is 10.6. The molecule has 5 nitrogen and oxygen atoms in total. The molecule has 1 saturated heterocycles. The Kier molecular flexibility index (Phi) is 3.78. The summed E-state index contributed by atoms with van der Waals surface area (Å²) < 4.78 is 0. The van der Waals surface area contributed by atoms with E-state index in [0.29, 0.717) is 5.95 Å². The molecule has 1 unspecified atom stereocenters. The molecule has 0 spiro atoms. The van der Waals surface area contributed by atoms with E-state index in [1.54, 1.807) is 0 Å². The fourth-order valence-electron chi connectivity index (χ4n) is 2.30. The standard InChI is InChI=1S/C12H21N5/c1-9-4-3-6-17(7-5-9)11-10(2)8-14-12(15-11)16-13/h8-9H,3-7,13H2,1-2H3,(H,14,15,16). The van der Waals surface area contributed by atoms with Gasteiger partial charge in [-0.3, -0.25) is 5.43 Å². The number of hydrogen-bond donors (Lipinski definition) is 2. The van der Waals surface area contributed by atoms with Crippen LogP contribution in [0, 0.1) is 12.8 Å². The van der Waals surface area contributed by atoms with Crippen LogP contribution in [0.1, 0.15) is 31.7 Å². The van der Waals surface area contributed by atoms with Gasteiger partial charge in [-0.15, -0.1) is 0 Å². The van der Waals surface area contributed by atoms with Gasteiger partial charge >= 0.3 is 0 Å². The number of nitrogen functional groups attached to an aromatic ring is 1. The molecule has 1 fully saturated rings. The lowest BCUT2D eigenvalue weighted by Gasteiger charge is -2.23. The Labute approximate surface area is 102 Å². The third-order valence-electron chi connectivity index (χ3n) is 3.39. The summed E-state index contributed by atoms with van der Waals surface area (Å²) in [6, 6.07) is 0. The summed E-state index contributed by atoms with van der Waals surface area (Å²) in [5.74, 6) is 7.68. The van der Waals surface area contributed by atoms with E-state index in [9.17, 15) is 0 Å². The van der Waals surface area contributed by atoms with Crippen molar-refractivity contribution in [2.75, 3.05) is 23.4 Å². The summed E-state index contributed by atoms with van der Waals surface area (Å²) in [6.07, 6.45) is 5.60. The molecule has 1 aliphatic heterocycles. The first-order valence-electron chi connectivity index (χ1n) is 6.26. The van der Waals surface area contributed by atoms with Gasteiger partial charge in [0.2, 0.25) is 5.95 Å². The van der Waals surface area contributed by atoms with Crippen molar-refractivity contribution >= 4 is 11.8 Å². The smallest absolute Gasteiger partial charge is 0.239 e. The minimum atomic E-state index is 0.489. The zero-order valence-corrected chi connectivity index (χ0v) is 10.6. The third-order valence-corrected chi connectivity index (χ3v) is 3.39. The van der Waals surface area contributed by atoms with Crippen LogP contribution in [0.3, 0.4) is 0 Å². The summed E-state index contributed by atoms with van der Waals surface area (Å²) in [5.41, 5.74) is 3.62. The molecule has 1 aliphatic rings. The number of nitrogens with zero attached hydrogens (tertiary/aromatic N) is 3. The summed E-state index contributed by atoms with van der Waals surface area (Å²) in [7, 11) is 0. The Morgan fingerprint density at radius 1 is 1.41 bits per heavy atom. The van der Waals surface area contributed by atoms with Crippen molar-refractivity contribution in [3.8, 4) is 0 Å². The Morgan fingerprint density at radius 2 is 2.24 bits per heavy atom. The van der Waals surface area contributed by atoms with Crippen molar-refractivity contribution in [2.45, 2.75) is 33.1 Å². The molecular weight excluding hydrogens is 214 g/mol. The van der Waals surface area contributed by atoms with E-state index in [1.165, 1.54) is 19.3 Å². The van der Waals surface area contributed by atoms with Gasteiger partial charge in [0.25, 0.3) is 0 Å². The molecule has 0 saturated carbocycles. The number of rotatable bonds is 2. The maximum atomic E-state index is 5.36. The Hall–Kier alpha value is -1.36. The van der Waals surface area contributed by atoms with E-state index in [4.69, 9.17) is 5.84 Å². The number of aryl methyl sites for hydroxylation is 1. The molecule has 5 heteroatoms. The lowest BCUT2D eigenvalue weighted by Crippen LogP contribution is -2.27. The van der Waals surface area contributed by atoms with Gasteiger partial charge in [0, 0.05) is 24.8 Å². The lowest BCUT2D eigenvalue weighted by atomic mass is 10.0. The largest absolute Gasteiger partial charge is 0.356 e. The van der Waals surface area contributed by atoms with Gasteiger partial charge in [-0.05, 0) is 32.1 Å². The molecule has 1 aromatic rings. The molecule has 0 aromatic carbocycles. The predicted octanol–water partition coefficient (Wildman–Crippen LogP) is 1.70. The van der Waals surface area contributed by atoms with Crippen molar-refractivity contribution in [3.05, 3.63) is 11.8 Å². The normalized spacial score (nSPS) is 21.1. The topological polar surface area (TPSA) is 67.1 Å². The maximum Gasteiger partial charge on any atom is 0.239 e. The fourth-order valence-corrected chi connectivity index (χ4v) is 2.30. The molecule has 3 N–H and O–H groups in total. The van der Waals surface area contributed by atoms with Crippen LogP contribution in [0.5, 0.6) is 0 Å². The van der Waals surface area contributed by atoms with Crippen LogP contribution in [-0.4, -0.2) is 23.1 Å². The molecule has 2 heterocycles. The average Bonchev–Trinajstić information content (AvgIpc) is 2.55. The van der Waals surface area contributed by atoms with Gasteiger partial charge in [0.15, 0.2) is 0 Å². The van der Waals surface area contributed by atoms with Crippen molar-refractivity contribution in [3.63, 3.8) is 0 Å². The molecular formula is C12H21N5. The summed E-state index contributed by atoms with van der Waals surface area (Å²) in [5, 5.41) is 0. The highest BCUT2D eigenvalue weighted by Gasteiger charge is 2.17. The van der Waals surface area contributed by atoms with Crippen molar-refractivity contribution in [2.24, 2.45) is 11.8 Å². The molecule has 0 aliphatic carbocycles. The SMILES string of the molecule is Cc1cnc(NN)nc1N1CCCC(C)CC1. The maximum absolute atomic E-state index is 5.36. The van der Waals surface area contributed by atoms with Crippen LogP contribution < -0.4 is 16.2 Å². The number of aromatic nitrogens is 2. The summed E-state index contributed by atoms with van der Waals surface area (Å²) >= 11 is 0. The number of nitrogens with two attached hydrogens (primary N) is 1. The molecule has 0 radical (unpaired) electrons. The fraction of sp³-hybridized carbons (Fsp3) is 0.667. The molecule has 0 bridgehead atoms. The van der Waals surface area contributed by atoms with E-state index >= 15 is 0 Å². The molecule has 2 rings (SSSR count). The molecule has 0 amide bonds. The van der Waals surface area contributed by atoms with Crippen molar-refractivity contribution in [1.29, 1.82) is 0 Å². The monoisotopic (exact) mass is 235 g/mol. The second kappa shape index (κ2) is 5.31. The second-order valence-corrected chi connectivity index (χ2v) is 4.87. The summed E-state index contributed by atoms with van der Waals surface area (Å²) in [6.45, 7) is 6.52. The minimum Gasteiger partial charge on any atom is -0.356 e. The number of hydrogen-bond acceptors (Lipinski definition) is 5. The number of hydrazine groups is 1. The van der Waals surface area contributed by atoms with Crippen LogP contribution in [0.25, 0.3) is 0 Å². The number of nitrogens with one attached hydrogen (secondary N) is 1. The van der Waals surface area contributed by atoms with E-state index in [1.807, 2.05) is 13.1 Å². The first-order valence-corrected chi connectivity index (χ1v) is 6.26. The average molecular weight is 235 g/mol. The highest BCUT2D eigenvalue weighted by molar-refractivity contribution is 5.48. The van der Waals surface area contributed by atoms with Gasteiger partial charge in [0.1, 0.15) is 5.82 Å². The van der Waals surface area contributed by atoms with Gasteiger partial charge in [-0.2, -0.15) is 4.98 Å². The minimum absolute atomic E-state index is 0.489. The van der Waals surface area contributed by atoms with Crippen LogP contribution in [0.2, 0.25) is 0 Å². The highest BCUT2D eigenvalue weighted by Crippen LogP contribution is 2.23.